The number of benzene rings is 1. The van der Waals surface area contributed by atoms with Crippen molar-refractivity contribution in [3.05, 3.63) is 54.1 Å². The van der Waals surface area contributed by atoms with Crippen molar-refractivity contribution in [2.45, 2.75) is 4.17 Å². The molecule has 0 amide bonds. The zero-order valence-corrected chi connectivity index (χ0v) is 10.2. The van der Waals surface area contributed by atoms with Crippen LogP contribution in [0.2, 0.25) is 0 Å². The summed E-state index contributed by atoms with van der Waals surface area (Å²) in [7, 11) is 0. The first-order chi connectivity index (χ1) is 6.61. The lowest BCUT2D eigenvalue weighted by Gasteiger charge is -1.88. The molecule has 0 N–H and O–H groups in total. The second-order valence-electron chi connectivity index (χ2n) is 2.29. The lowest BCUT2D eigenvalue weighted by atomic mass is 10.4. The summed E-state index contributed by atoms with van der Waals surface area (Å²) < 4.78 is -0.944. The Hall–Kier alpha value is -0.960. The van der Waals surface area contributed by atoms with Crippen LogP contribution in [0.4, 0.5) is 0 Å². The molecule has 0 heterocycles. The maximum absolute atomic E-state index is 10.3. The standard InChI is InChI=1S/C7H6IN2O4.ClH/c11-9(12)7(10(13)14)8-6-4-2-1-3-5-6;/h1-5,7H;1H/q+1;/p-1. The molecule has 0 spiro atoms. The highest BCUT2D eigenvalue weighted by Crippen LogP contribution is 1.83. The Balaban J connectivity index is 0.00000196. The van der Waals surface area contributed by atoms with E-state index >= 15 is 0 Å². The molecule has 0 radical (unpaired) electrons. The van der Waals surface area contributed by atoms with E-state index in [1.54, 1.807) is 30.3 Å². The van der Waals surface area contributed by atoms with Crippen molar-refractivity contribution in [1.82, 2.24) is 0 Å². The average molecular weight is 344 g/mol. The van der Waals surface area contributed by atoms with Gasteiger partial charge in [0.1, 0.15) is 9.85 Å². The summed E-state index contributed by atoms with van der Waals surface area (Å²) >= 11 is -1.22. The Bertz CT molecular complexity index is 334. The highest BCUT2D eigenvalue weighted by atomic mass is 127. The van der Waals surface area contributed by atoms with Crippen molar-refractivity contribution in [2.75, 3.05) is 0 Å². The molecular formula is C7H6ClIN2O4. The number of nitro groups is 2. The Morgan fingerprint density at radius 1 is 1.07 bits per heavy atom. The zero-order chi connectivity index (χ0) is 10.6. The fraction of sp³-hybridized carbons (Fsp3) is 0.143. The maximum Gasteiger partial charge on any atom is 0.627 e. The molecular weight excluding hydrogens is 338 g/mol. The average Bonchev–Trinajstić information content (AvgIpc) is 2.15. The molecule has 1 aromatic carbocycles. The van der Waals surface area contributed by atoms with E-state index in [0.29, 0.717) is 3.57 Å². The number of rotatable bonds is 4. The van der Waals surface area contributed by atoms with Gasteiger partial charge in [0.2, 0.25) is 3.57 Å². The van der Waals surface area contributed by atoms with E-state index in [2.05, 4.69) is 0 Å². The van der Waals surface area contributed by atoms with Gasteiger partial charge in [-0.2, -0.15) is 0 Å². The Morgan fingerprint density at radius 2 is 1.53 bits per heavy atom. The van der Waals surface area contributed by atoms with E-state index in [9.17, 15) is 20.2 Å². The maximum atomic E-state index is 10.3. The van der Waals surface area contributed by atoms with Gasteiger partial charge in [-0.25, -0.2) is 0 Å². The van der Waals surface area contributed by atoms with Gasteiger partial charge in [-0.3, -0.25) is 20.2 Å². The minimum atomic E-state index is -1.64. The van der Waals surface area contributed by atoms with Crippen molar-refractivity contribution >= 4 is 0 Å². The Labute approximate surface area is 102 Å². The van der Waals surface area contributed by atoms with Crippen LogP contribution in [-0.4, -0.2) is 14.0 Å². The second kappa shape index (κ2) is 6.51. The molecule has 0 aliphatic carbocycles. The van der Waals surface area contributed by atoms with E-state index in [0.717, 1.165) is 0 Å². The third kappa shape index (κ3) is 4.38. The van der Waals surface area contributed by atoms with Crippen LogP contribution in [-0.2, 0) is 0 Å². The first kappa shape index (κ1) is 14.0. The monoisotopic (exact) mass is 344 g/mol. The van der Waals surface area contributed by atoms with Crippen LogP contribution in [0.15, 0.2) is 30.3 Å². The van der Waals surface area contributed by atoms with Crippen LogP contribution in [0.1, 0.15) is 0 Å². The summed E-state index contributed by atoms with van der Waals surface area (Å²) in [4.78, 5) is 19.0. The highest BCUT2D eigenvalue weighted by Gasteiger charge is 2.48. The van der Waals surface area contributed by atoms with E-state index in [-0.39, 0.29) is 12.4 Å². The van der Waals surface area contributed by atoms with Gasteiger partial charge in [0, 0.05) is 0 Å². The van der Waals surface area contributed by atoms with Crippen LogP contribution < -0.4 is 33.6 Å². The molecule has 8 heteroatoms. The fourth-order valence-electron chi connectivity index (χ4n) is 0.757. The quantitative estimate of drug-likeness (QED) is 0.136. The van der Waals surface area contributed by atoms with Gasteiger partial charge in [0.05, 0.1) is 0 Å². The van der Waals surface area contributed by atoms with E-state index < -0.39 is 35.2 Å². The molecule has 0 aliphatic heterocycles. The van der Waals surface area contributed by atoms with Gasteiger partial charge in [-0.05, 0) is 12.1 Å². The molecule has 1 rings (SSSR count). The lowest BCUT2D eigenvalue weighted by Crippen LogP contribution is -3.66. The van der Waals surface area contributed by atoms with Gasteiger partial charge < -0.3 is 12.4 Å². The number of nitrogens with zero attached hydrogens (tertiary/aromatic N) is 2. The van der Waals surface area contributed by atoms with E-state index in [1.807, 2.05) is 0 Å². The van der Waals surface area contributed by atoms with Crippen molar-refractivity contribution in [3.63, 3.8) is 0 Å². The Kier molecular flexibility index (Phi) is 6.09. The van der Waals surface area contributed by atoms with Gasteiger partial charge in [-0.15, -0.1) is 0 Å². The topological polar surface area (TPSA) is 86.3 Å². The second-order valence-corrected chi connectivity index (χ2v) is 5.27. The molecule has 1 aromatic rings. The SMILES string of the molecule is O=[N+]([O-])C([I+]c1ccccc1)[N+](=O)[O-].[Cl-]. The molecule has 0 saturated carbocycles. The molecule has 0 bridgehead atoms. The minimum absolute atomic E-state index is 0. The highest BCUT2D eigenvalue weighted by molar-refractivity contribution is 4.98. The van der Waals surface area contributed by atoms with Crippen LogP contribution in [0.3, 0.4) is 0 Å². The predicted octanol–water partition coefficient (Wildman–Crippen LogP) is -5.21. The molecule has 0 aliphatic rings. The lowest BCUT2D eigenvalue weighted by molar-refractivity contribution is -0.966. The fourth-order valence-corrected chi connectivity index (χ4v) is 2.69. The van der Waals surface area contributed by atoms with E-state index in [1.165, 1.54) is 0 Å². The predicted molar refractivity (Wildman–Crippen MR) is 42.9 cm³/mol. The normalized spacial score (nSPS) is 9.40. The summed E-state index contributed by atoms with van der Waals surface area (Å²) in [6, 6.07) is 8.54. The molecule has 0 saturated heterocycles. The summed E-state index contributed by atoms with van der Waals surface area (Å²) in [5.41, 5.74) is 0. The van der Waals surface area contributed by atoms with Crippen LogP contribution in [0.25, 0.3) is 0 Å². The summed E-state index contributed by atoms with van der Waals surface area (Å²) in [5.74, 6) is 0. The third-order valence-corrected chi connectivity index (χ3v) is 4.21. The summed E-state index contributed by atoms with van der Waals surface area (Å²) in [5, 5.41) is 20.7. The number of hydrogen-bond acceptors (Lipinski definition) is 4. The van der Waals surface area contributed by atoms with Crippen molar-refractivity contribution < 1.29 is 43.5 Å². The minimum Gasteiger partial charge on any atom is -1.00 e. The molecule has 6 nitrogen and oxygen atoms in total. The third-order valence-electron chi connectivity index (χ3n) is 1.30. The molecule has 82 valence electrons. The van der Waals surface area contributed by atoms with E-state index in [4.69, 9.17) is 0 Å². The summed E-state index contributed by atoms with van der Waals surface area (Å²) in [6.45, 7) is 0. The molecule has 0 atom stereocenters. The molecule has 0 aromatic heterocycles. The van der Waals surface area contributed by atoms with Crippen LogP contribution in [0, 0.1) is 23.8 Å². The van der Waals surface area contributed by atoms with Gasteiger partial charge in [0.15, 0.2) is 0 Å². The van der Waals surface area contributed by atoms with Crippen molar-refractivity contribution in [1.29, 1.82) is 0 Å². The zero-order valence-electron chi connectivity index (χ0n) is 7.25. The smallest absolute Gasteiger partial charge is 0.627 e. The largest absolute Gasteiger partial charge is 1.00 e. The molecule has 0 fully saturated rings. The Morgan fingerprint density at radius 3 is 1.93 bits per heavy atom. The summed E-state index contributed by atoms with van der Waals surface area (Å²) in [6.07, 6.45) is 0. The van der Waals surface area contributed by atoms with Crippen LogP contribution in [0.5, 0.6) is 0 Å². The van der Waals surface area contributed by atoms with Gasteiger partial charge in [0.25, 0.3) is 0 Å². The van der Waals surface area contributed by atoms with Crippen LogP contribution >= 0.6 is 0 Å². The number of hydrogen-bond donors (Lipinski definition) is 0. The number of halogens is 2. The first-order valence-corrected chi connectivity index (χ1v) is 5.89. The van der Waals surface area contributed by atoms with Crippen molar-refractivity contribution in [3.8, 4) is 0 Å². The van der Waals surface area contributed by atoms with Gasteiger partial charge >= 0.3 is 25.4 Å². The number of alkyl halides is 1. The molecule has 15 heavy (non-hydrogen) atoms. The van der Waals surface area contributed by atoms with Gasteiger partial charge in [-0.1, -0.05) is 18.2 Å². The van der Waals surface area contributed by atoms with Crippen molar-refractivity contribution in [2.24, 2.45) is 0 Å². The first-order valence-electron chi connectivity index (χ1n) is 3.56. The molecule has 0 unspecified atom stereocenters.